The Morgan fingerprint density at radius 1 is 0.895 bits per heavy atom. The van der Waals surface area contributed by atoms with Gasteiger partial charge in [0.2, 0.25) is 0 Å². The fourth-order valence-corrected chi connectivity index (χ4v) is 13.4. The smallest absolute Gasteiger partial charge is 0.312 e. The number of carbonyl (C=O) groups excluding carboxylic acids is 1. The fourth-order valence-electron chi connectivity index (χ4n) is 13.4. The molecule has 5 aliphatic carbocycles. The van der Waals surface area contributed by atoms with E-state index in [4.69, 9.17) is 9.47 Å². The molecule has 5 saturated carbocycles. The minimum atomic E-state index is -0.463. The van der Waals surface area contributed by atoms with E-state index in [9.17, 15) is 9.90 Å². The van der Waals surface area contributed by atoms with Gasteiger partial charge in [-0.1, -0.05) is 61.5 Å². The highest BCUT2D eigenvalue weighted by Gasteiger charge is 2.89. The number of ether oxygens (including phenoxy) is 2. The van der Waals surface area contributed by atoms with Crippen molar-refractivity contribution in [3.8, 4) is 0 Å². The molecule has 0 amide bonds. The molecule has 4 nitrogen and oxygen atoms in total. The summed E-state index contributed by atoms with van der Waals surface area (Å²) in [6.45, 7) is 23.9. The van der Waals surface area contributed by atoms with Crippen molar-refractivity contribution in [1.29, 1.82) is 0 Å². The van der Waals surface area contributed by atoms with Gasteiger partial charge in [0.15, 0.2) is 0 Å². The first-order chi connectivity index (χ1) is 17.4. The van der Waals surface area contributed by atoms with Crippen LogP contribution in [0.1, 0.15) is 120 Å². The van der Waals surface area contributed by atoms with Crippen LogP contribution in [-0.2, 0) is 14.3 Å². The van der Waals surface area contributed by atoms with Crippen LogP contribution in [0.3, 0.4) is 0 Å². The molecule has 6 aliphatic rings. The third kappa shape index (κ3) is 2.49. The second-order valence-electron chi connectivity index (χ2n) is 17.0. The van der Waals surface area contributed by atoms with Crippen molar-refractivity contribution in [2.75, 3.05) is 7.11 Å². The third-order valence-corrected chi connectivity index (χ3v) is 15.7. The first-order valence-electron chi connectivity index (χ1n) is 15.5. The first kappa shape index (κ1) is 27.3. The molecule has 0 aromatic carbocycles. The Hall–Kier alpha value is -0.870. The van der Waals surface area contributed by atoms with Gasteiger partial charge in [-0.2, -0.15) is 0 Å². The van der Waals surface area contributed by atoms with Crippen LogP contribution in [0, 0.1) is 49.2 Å². The minimum absolute atomic E-state index is 0.00208. The molecule has 1 N–H and O–H groups in total. The van der Waals surface area contributed by atoms with E-state index >= 15 is 0 Å². The van der Waals surface area contributed by atoms with E-state index in [1.54, 1.807) is 7.11 Å². The van der Waals surface area contributed by atoms with Crippen molar-refractivity contribution in [2.45, 2.75) is 137 Å². The van der Waals surface area contributed by atoms with Gasteiger partial charge in [0.1, 0.15) is 5.60 Å². The van der Waals surface area contributed by atoms with Gasteiger partial charge in [-0.15, -0.1) is 6.58 Å². The van der Waals surface area contributed by atoms with Gasteiger partial charge >= 0.3 is 5.97 Å². The summed E-state index contributed by atoms with van der Waals surface area (Å²) in [5.74, 6) is 0.489. The zero-order valence-corrected chi connectivity index (χ0v) is 25.8. The van der Waals surface area contributed by atoms with E-state index < -0.39 is 5.41 Å². The van der Waals surface area contributed by atoms with Crippen LogP contribution in [0.4, 0.5) is 0 Å². The lowest BCUT2D eigenvalue weighted by Crippen LogP contribution is -2.76. The van der Waals surface area contributed by atoms with Crippen molar-refractivity contribution in [1.82, 2.24) is 0 Å². The van der Waals surface area contributed by atoms with Crippen LogP contribution in [0.5, 0.6) is 0 Å². The number of allylic oxidation sites excluding steroid dienone is 1. The van der Waals surface area contributed by atoms with Crippen molar-refractivity contribution in [3.63, 3.8) is 0 Å². The standard InChI is InChI=1S/C34H54O4/c1-11-33-19-15-28(6)22(29(33,7)13-12-23(35)27(33,4)5)20-24-34(38-24)30(28,8)16-18-32(25(36)37-10)17-14-26(2,3)21-31(32,34)9/h11,22-24,35H,1,12-21H2,2-10H3/t22?,23-,24-,28+,29+,30-,31+,32+,33-,34-/m0/s1. The molecule has 1 heterocycles. The second-order valence-corrected chi connectivity index (χ2v) is 17.0. The highest BCUT2D eigenvalue weighted by molar-refractivity contribution is 5.79. The minimum Gasteiger partial charge on any atom is -0.469 e. The predicted octanol–water partition coefficient (Wildman–Crippen LogP) is 7.48. The maximum atomic E-state index is 13.8. The number of aliphatic hydroxyl groups excluding tert-OH is 1. The van der Waals surface area contributed by atoms with Gasteiger partial charge in [0.05, 0.1) is 24.7 Å². The third-order valence-electron chi connectivity index (χ3n) is 15.7. The highest BCUT2D eigenvalue weighted by Crippen LogP contribution is 2.87. The summed E-state index contributed by atoms with van der Waals surface area (Å²) in [6.07, 6.45) is 12.2. The molecule has 214 valence electrons. The normalized spacial score (nSPS) is 57.7. The average Bonchev–Trinajstić information content (AvgIpc) is 3.59. The largest absolute Gasteiger partial charge is 0.469 e. The molecule has 10 atom stereocenters. The summed E-state index contributed by atoms with van der Waals surface area (Å²) in [5, 5.41) is 11.2. The van der Waals surface area contributed by atoms with Crippen molar-refractivity contribution in [2.24, 2.45) is 49.2 Å². The molecule has 0 aromatic rings. The molecule has 6 rings (SSSR count). The summed E-state index contributed by atoms with van der Waals surface area (Å²) in [4.78, 5) is 13.8. The number of fused-ring (bicyclic) bond motifs is 5. The molecule has 0 radical (unpaired) electrons. The SMILES string of the molecule is C=C[C@@]12CC[C@]3(C)C(C[C@@H]4O[C@@]45[C@]4(C)CC(C)(C)CC[C@]4(C(=O)OC)CC[C@]53C)[C@@]1(C)CC[C@H](O)C2(C)C. The van der Waals surface area contributed by atoms with Crippen molar-refractivity contribution in [3.05, 3.63) is 12.7 Å². The topological polar surface area (TPSA) is 59.1 Å². The van der Waals surface area contributed by atoms with Crippen molar-refractivity contribution < 1.29 is 19.4 Å². The van der Waals surface area contributed by atoms with Gasteiger partial charge in [0.25, 0.3) is 0 Å². The number of carbonyl (C=O) groups is 1. The number of aliphatic hydroxyl groups is 1. The molecular formula is C34H54O4. The molecule has 0 aromatic heterocycles. The number of rotatable bonds is 2. The van der Waals surface area contributed by atoms with Crippen LogP contribution in [0.15, 0.2) is 12.7 Å². The van der Waals surface area contributed by atoms with E-state index in [1.165, 1.54) is 0 Å². The molecule has 38 heavy (non-hydrogen) atoms. The Labute approximate surface area is 231 Å². The van der Waals surface area contributed by atoms with Crippen molar-refractivity contribution >= 4 is 5.97 Å². The summed E-state index contributed by atoms with van der Waals surface area (Å²) in [7, 11) is 1.59. The van der Waals surface area contributed by atoms with Gasteiger partial charge in [-0.05, 0) is 86.4 Å². The summed E-state index contributed by atoms with van der Waals surface area (Å²) < 4.78 is 12.8. The summed E-state index contributed by atoms with van der Waals surface area (Å²) in [6, 6.07) is 0. The molecule has 1 spiro atoms. The lowest BCUT2D eigenvalue weighted by atomic mass is 9.26. The Bertz CT molecular complexity index is 1080. The van der Waals surface area contributed by atoms with Gasteiger partial charge in [-0.3, -0.25) is 4.79 Å². The van der Waals surface area contributed by atoms with E-state index in [0.29, 0.717) is 5.92 Å². The quantitative estimate of drug-likeness (QED) is 0.230. The van der Waals surface area contributed by atoms with Gasteiger partial charge in [0, 0.05) is 21.7 Å². The number of hydrogen-bond donors (Lipinski definition) is 1. The van der Waals surface area contributed by atoms with E-state index in [0.717, 1.165) is 64.2 Å². The summed E-state index contributed by atoms with van der Waals surface area (Å²) in [5.41, 5.74) is -1.03. The average molecular weight is 527 g/mol. The Kier molecular flexibility index (Phi) is 5.25. The molecule has 0 bridgehead atoms. The van der Waals surface area contributed by atoms with Crippen LogP contribution in [0.2, 0.25) is 0 Å². The Morgan fingerprint density at radius 3 is 2.18 bits per heavy atom. The van der Waals surface area contributed by atoms with E-state index in [-0.39, 0.29) is 61.7 Å². The number of hydrogen-bond acceptors (Lipinski definition) is 4. The maximum absolute atomic E-state index is 13.8. The van der Waals surface area contributed by atoms with Crippen LogP contribution >= 0.6 is 0 Å². The van der Waals surface area contributed by atoms with Gasteiger partial charge < -0.3 is 14.6 Å². The first-order valence-corrected chi connectivity index (χ1v) is 15.5. The number of epoxide rings is 1. The Morgan fingerprint density at radius 2 is 1.55 bits per heavy atom. The molecular weight excluding hydrogens is 472 g/mol. The molecule has 4 heteroatoms. The monoisotopic (exact) mass is 526 g/mol. The summed E-state index contributed by atoms with van der Waals surface area (Å²) >= 11 is 0. The molecule has 1 aliphatic heterocycles. The van der Waals surface area contributed by atoms with Crippen LogP contribution < -0.4 is 0 Å². The van der Waals surface area contributed by atoms with Crippen LogP contribution in [0.25, 0.3) is 0 Å². The number of esters is 1. The highest BCUT2D eigenvalue weighted by atomic mass is 16.6. The van der Waals surface area contributed by atoms with Crippen LogP contribution in [-0.4, -0.2) is 36.0 Å². The predicted molar refractivity (Wildman–Crippen MR) is 150 cm³/mol. The molecule has 6 fully saturated rings. The second kappa shape index (κ2) is 7.30. The van der Waals surface area contributed by atoms with E-state index in [2.05, 4.69) is 68.0 Å². The molecule has 1 unspecified atom stereocenters. The lowest BCUT2D eigenvalue weighted by molar-refractivity contribution is -0.281. The Balaban J connectivity index is 1.51. The maximum Gasteiger partial charge on any atom is 0.312 e. The fraction of sp³-hybridized carbons (Fsp3) is 0.912. The zero-order valence-electron chi connectivity index (χ0n) is 25.8. The molecule has 1 saturated heterocycles. The number of methoxy groups -OCH3 is 1. The van der Waals surface area contributed by atoms with Gasteiger partial charge in [-0.25, -0.2) is 0 Å². The lowest BCUT2D eigenvalue weighted by Gasteiger charge is -2.76. The van der Waals surface area contributed by atoms with E-state index in [1.807, 2.05) is 0 Å². The zero-order chi connectivity index (χ0) is 28.0.